The highest BCUT2D eigenvalue weighted by Crippen LogP contribution is 2.47. The van der Waals surface area contributed by atoms with Crippen LogP contribution in [-0.2, 0) is 0 Å². The molecule has 0 radical (unpaired) electrons. The minimum absolute atomic E-state index is 0.639. The Balaban J connectivity index is 2.02. The zero-order chi connectivity index (χ0) is 8.67. The number of allylic oxidation sites excluding steroid dienone is 1. The van der Waals surface area contributed by atoms with E-state index < -0.39 is 0 Å². The minimum Gasteiger partial charge on any atom is -0.268 e. The van der Waals surface area contributed by atoms with E-state index in [0.29, 0.717) is 11.8 Å². The largest absolute Gasteiger partial charge is 0.268 e. The van der Waals surface area contributed by atoms with Crippen LogP contribution in [0.5, 0.6) is 0 Å². The minimum atomic E-state index is 0.639. The molecule has 2 atom stereocenters. The van der Waals surface area contributed by atoms with Gasteiger partial charge in [0.2, 0.25) is 0 Å². The van der Waals surface area contributed by atoms with Gasteiger partial charge in [0, 0.05) is 36.3 Å². The molecule has 1 saturated carbocycles. The summed E-state index contributed by atoms with van der Waals surface area (Å²) in [6, 6.07) is 1.83. The van der Waals surface area contributed by atoms with Crippen LogP contribution in [0.4, 0.5) is 0 Å². The highest BCUT2D eigenvalue weighted by atomic mass is 14.9. The lowest BCUT2D eigenvalue weighted by Crippen LogP contribution is -1.99. The molecule has 0 bridgehead atoms. The van der Waals surface area contributed by atoms with Crippen molar-refractivity contribution in [2.24, 2.45) is 16.8 Å². The number of nitrogens with zero attached hydrogens (tertiary/aromatic N) is 3. The van der Waals surface area contributed by atoms with Gasteiger partial charge in [-0.2, -0.15) is 0 Å². The smallest absolute Gasteiger partial charge is 0.156 e. The van der Waals surface area contributed by atoms with E-state index in [2.05, 4.69) is 15.0 Å². The maximum Gasteiger partial charge on any atom is 0.156 e. The molecule has 13 heavy (non-hydrogen) atoms. The molecule has 1 aromatic heterocycles. The second-order valence-corrected chi connectivity index (χ2v) is 3.46. The van der Waals surface area contributed by atoms with E-state index in [9.17, 15) is 0 Å². The van der Waals surface area contributed by atoms with Crippen LogP contribution in [0, 0.1) is 11.8 Å². The van der Waals surface area contributed by atoms with Crippen molar-refractivity contribution in [2.75, 3.05) is 0 Å². The van der Waals surface area contributed by atoms with Crippen molar-refractivity contribution >= 4 is 11.8 Å². The van der Waals surface area contributed by atoms with Crippen molar-refractivity contribution < 1.29 is 0 Å². The van der Waals surface area contributed by atoms with Gasteiger partial charge in [0.1, 0.15) is 0 Å². The topological polar surface area (TPSA) is 38.1 Å². The van der Waals surface area contributed by atoms with Crippen molar-refractivity contribution in [3.8, 4) is 0 Å². The first-order valence-electron chi connectivity index (χ1n) is 4.46. The van der Waals surface area contributed by atoms with Gasteiger partial charge >= 0.3 is 0 Å². The molecule has 2 unspecified atom stereocenters. The molecule has 3 nitrogen and oxygen atoms in total. The molecule has 64 valence electrons. The quantitative estimate of drug-likeness (QED) is 0.642. The Morgan fingerprint density at radius 1 is 1.23 bits per heavy atom. The number of aromatic nitrogens is 2. The second-order valence-electron chi connectivity index (χ2n) is 3.46. The molecule has 1 fully saturated rings. The summed E-state index contributed by atoms with van der Waals surface area (Å²) >= 11 is 0. The number of aliphatic imine (C=N–C) groups is 1. The van der Waals surface area contributed by atoms with Crippen LogP contribution in [0.15, 0.2) is 29.7 Å². The van der Waals surface area contributed by atoms with Crippen molar-refractivity contribution in [1.29, 1.82) is 0 Å². The van der Waals surface area contributed by atoms with Crippen LogP contribution >= 0.6 is 0 Å². The van der Waals surface area contributed by atoms with Crippen molar-refractivity contribution in [3.63, 3.8) is 0 Å². The molecule has 0 aromatic carbocycles. The fraction of sp³-hybridized carbons (Fsp3) is 0.300. The zero-order valence-corrected chi connectivity index (χ0v) is 7.09. The summed E-state index contributed by atoms with van der Waals surface area (Å²) in [6.45, 7) is 0. The van der Waals surface area contributed by atoms with Gasteiger partial charge in [-0.15, -0.1) is 0 Å². The molecule has 2 heterocycles. The number of hydrogen-bond donors (Lipinski definition) is 0. The summed E-state index contributed by atoms with van der Waals surface area (Å²) in [5.74, 6) is 2.13. The van der Waals surface area contributed by atoms with Crippen LogP contribution in [0.2, 0.25) is 0 Å². The average Bonchev–Trinajstić information content (AvgIpc) is 2.97. The maximum absolute atomic E-state index is 4.23. The van der Waals surface area contributed by atoms with Gasteiger partial charge in [-0.3, -0.25) is 4.99 Å². The Morgan fingerprint density at radius 3 is 2.92 bits per heavy atom. The van der Waals surface area contributed by atoms with Gasteiger partial charge in [-0.25, -0.2) is 9.97 Å². The maximum atomic E-state index is 4.23. The first-order valence-corrected chi connectivity index (χ1v) is 4.46. The first kappa shape index (κ1) is 6.95. The Labute approximate surface area is 76.3 Å². The molecule has 0 saturated heterocycles. The highest BCUT2D eigenvalue weighted by Gasteiger charge is 2.41. The van der Waals surface area contributed by atoms with Crippen LogP contribution in [-0.4, -0.2) is 16.2 Å². The summed E-state index contributed by atoms with van der Waals surface area (Å²) in [5.41, 5.74) is 1.20. The van der Waals surface area contributed by atoms with Crippen LogP contribution < -0.4 is 0 Å². The standard InChI is InChI=1S/C10H9N3/c1-2-12-10(13-3-1)9-6-11-5-7-4-8(7)9/h1-3,5-8H,4H2. The summed E-state index contributed by atoms with van der Waals surface area (Å²) in [6.07, 6.45) is 8.69. The summed E-state index contributed by atoms with van der Waals surface area (Å²) in [5, 5.41) is 0. The lowest BCUT2D eigenvalue weighted by molar-refractivity contribution is 0.992. The third kappa shape index (κ3) is 1.08. The molecule has 0 N–H and O–H groups in total. The van der Waals surface area contributed by atoms with Crippen LogP contribution in [0.25, 0.3) is 5.57 Å². The molecule has 1 aliphatic carbocycles. The van der Waals surface area contributed by atoms with E-state index in [1.165, 1.54) is 12.0 Å². The van der Waals surface area contributed by atoms with E-state index in [1.54, 1.807) is 12.4 Å². The van der Waals surface area contributed by atoms with Crippen LogP contribution in [0.3, 0.4) is 0 Å². The molecule has 0 amide bonds. The van der Waals surface area contributed by atoms with Gasteiger partial charge in [0.05, 0.1) is 0 Å². The Morgan fingerprint density at radius 2 is 2.08 bits per heavy atom. The van der Waals surface area contributed by atoms with E-state index in [4.69, 9.17) is 0 Å². The van der Waals surface area contributed by atoms with Crippen molar-refractivity contribution in [1.82, 2.24) is 9.97 Å². The van der Waals surface area contributed by atoms with E-state index >= 15 is 0 Å². The highest BCUT2D eigenvalue weighted by molar-refractivity contribution is 5.79. The molecular formula is C10H9N3. The first-order chi connectivity index (χ1) is 6.45. The fourth-order valence-electron chi connectivity index (χ4n) is 1.74. The average molecular weight is 171 g/mol. The molecule has 3 rings (SSSR count). The van der Waals surface area contributed by atoms with E-state index in [-0.39, 0.29) is 0 Å². The van der Waals surface area contributed by atoms with Gasteiger partial charge < -0.3 is 0 Å². The van der Waals surface area contributed by atoms with Crippen molar-refractivity contribution in [2.45, 2.75) is 6.42 Å². The zero-order valence-electron chi connectivity index (χ0n) is 7.09. The third-order valence-electron chi connectivity index (χ3n) is 2.55. The molecule has 1 aliphatic heterocycles. The van der Waals surface area contributed by atoms with E-state index in [1.807, 2.05) is 18.5 Å². The Hall–Kier alpha value is -1.51. The monoisotopic (exact) mass is 171 g/mol. The molecule has 0 spiro atoms. The molecule has 2 aliphatic rings. The predicted molar refractivity (Wildman–Crippen MR) is 50.1 cm³/mol. The Kier molecular flexibility index (Phi) is 1.33. The summed E-state index contributed by atoms with van der Waals surface area (Å²) in [4.78, 5) is 12.6. The van der Waals surface area contributed by atoms with Gasteiger partial charge in [0.25, 0.3) is 0 Å². The molecule has 3 heteroatoms. The van der Waals surface area contributed by atoms with Gasteiger partial charge in [0.15, 0.2) is 5.82 Å². The number of hydrogen-bond acceptors (Lipinski definition) is 3. The SMILES string of the molecule is C1=NC=C(c2ncccn2)C2CC12. The summed E-state index contributed by atoms with van der Waals surface area (Å²) in [7, 11) is 0. The van der Waals surface area contributed by atoms with Crippen LogP contribution in [0.1, 0.15) is 12.2 Å². The third-order valence-corrected chi connectivity index (χ3v) is 2.55. The van der Waals surface area contributed by atoms with Crippen molar-refractivity contribution in [3.05, 3.63) is 30.5 Å². The second kappa shape index (κ2) is 2.49. The summed E-state index contributed by atoms with van der Waals surface area (Å²) < 4.78 is 0. The molecule has 1 aromatic rings. The lowest BCUT2D eigenvalue weighted by Gasteiger charge is -2.05. The van der Waals surface area contributed by atoms with Gasteiger partial charge in [-0.05, 0) is 18.4 Å². The number of rotatable bonds is 1. The fourth-order valence-corrected chi connectivity index (χ4v) is 1.74. The lowest BCUT2D eigenvalue weighted by atomic mass is 10.1. The van der Waals surface area contributed by atoms with E-state index in [0.717, 1.165) is 5.82 Å². The predicted octanol–water partition coefficient (Wildman–Crippen LogP) is 1.54. The van der Waals surface area contributed by atoms with Gasteiger partial charge in [-0.1, -0.05) is 0 Å². The number of fused-ring (bicyclic) bond motifs is 1. The molecular weight excluding hydrogens is 162 g/mol. The Bertz CT molecular complexity index is 380. The normalized spacial score (nSPS) is 29.4.